The standard InChI is InChI=1S/C32H2F2N14/c1-41-18(8-38)27-22(16-11-45-20(10-40)47-30(16)33)13(5-35)21-14(6-36)24-25(15(7-37)23(21)27)29(43-3)26(28(24)19(9-39)42-2)17-12-46-32(44-4)48-31(17)34/h11-12H/b27-18-,28-19-. The van der Waals surface area contributed by atoms with Gasteiger partial charge in [0.25, 0.3) is 17.3 Å². The van der Waals surface area contributed by atoms with Crippen LogP contribution in [0.1, 0.15) is 50.3 Å². The number of nitrogens with zero attached hydrogens (tertiary/aromatic N) is 14. The summed E-state index contributed by atoms with van der Waals surface area (Å²) >= 11 is 0. The van der Waals surface area contributed by atoms with Crippen LogP contribution in [0, 0.1) is 106 Å². The summed E-state index contributed by atoms with van der Waals surface area (Å²) in [5, 5.41) is 60.7. The smallest absolute Gasteiger partial charge is 0.374 e. The maximum Gasteiger partial charge on any atom is 0.374 e. The lowest BCUT2D eigenvalue weighted by molar-refractivity contribution is 0.573. The number of halogens is 2. The molecule has 2 aliphatic rings. The molecule has 14 nitrogen and oxygen atoms in total. The Morgan fingerprint density at radius 1 is 0.625 bits per heavy atom. The van der Waals surface area contributed by atoms with Gasteiger partial charge in [-0.3, -0.25) is 0 Å². The first kappa shape index (κ1) is 30.6. The van der Waals surface area contributed by atoms with E-state index in [1.54, 1.807) is 18.2 Å². The van der Waals surface area contributed by atoms with Crippen molar-refractivity contribution < 1.29 is 8.78 Å². The van der Waals surface area contributed by atoms with Gasteiger partial charge in [-0.2, -0.15) is 39.8 Å². The molecule has 2 aromatic heterocycles. The molecule has 16 heteroatoms. The summed E-state index contributed by atoms with van der Waals surface area (Å²) in [5.74, 6) is -3.92. The Hall–Kier alpha value is -8.90. The van der Waals surface area contributed by atoms with Gasteiger partial charge < -0.3 is 4.85 Å². The SMILES string of the molecule is [C-]#[N+]C1=C(c2cnc([N+]#[C-])nc2F)/C(=C(/C#N)[N+]#[C-])c2c(C#N)c3c(c(C#N)c21)/C(=C(/C#N)[N+]#[C-])C(c1cnc(C#N)nc1F)=C3C#N. The van der Waals surface area contributed by atoms with Crippen LogP contribution in [0.4, 0.5) is 14.7 Å². The van der Waals surface area contributed by atoms with Crippen LogP contribution < -0.4 is 0 Å². The molecule has 5 rings (SSSR count). The summed E-state index contributed by atoms with van der Waals surface area (Å²) in [7, 11) is 0. The van der Waals surface area contributed by atoms with E-state index in [1.807, 2.05) is 12.1 Å². The Balaban J connectivity index is 2.11. The minimum Gasteiger partial charge on any atom is -0.394 e. The number of allylic oxidation sites excluding steroid dienone is 7. The molecule has 214 valence electrons. The third kappa shape index (κ3) is 4.06. The molecule has 0 radical (unpaired) electrons. The van der Waals surface area contributed by atoms with E-state index in [2.05, 4.69) is 39.3 Å². The van der Waals surface area contributed by atoms with Gasteiger partial charge in [0.2, 0.25) is 17.5 Å². The van der Waals surface area contributed by atoms with Crippen LogP contribution in [0.2, 0.25) is 0 Å². The maximum atomic E-state index is 15.4. The average Bonchev–Trinajstić information content (AvgIpc) is 3.61. The van der Waals surface area contributed by atoms with Crippen LogP contribution in [0.3, 0.4) is 0 Å². The van der Waals surface area contributed by atoms with Crippen molar-refractivity contribution in [2.45, 2.75) is 0 Å². The van der Waals surface area contributed by atoms with Gasteiger partial charge >= 0.3 is 5.95 Å². The van der Waals surface area contributed by atoms with E-state index in [4.69, 9.17) is 31.6 Å². The molecule has 0 fully saturated rings. The molecule has 0 saturated carbocycles. The number of hydrogen-bond donors (Lipinski definition) is 0. The van der Waals surface area contributed by atoms with Crippen LogP contribution in [0.25, 0.3) is 52.9 Å². The molecule has 0 bridgehead atoms. The minimum absolute atomic E-state index is 0.416. The van der Waals surface area contributed by atoms with Gasteiger partial charge in [0.15, 0.2) is 0 Å². The second-order valence-electron chi connectivity index (χ2n) is 9.06. The summed E-state index contributed by atoms with van der Waals surface area (Å²) in [6.45, 7) is 30.4. The van der Waals surface area contributed by atoms with Crippen molar-refractivity contribution in [2.24, 2.45) is 0 Å². The van der Waals surface area contributed by atoms with Gasteiger partial charge in [-0.05, 0) is 22.3 Å². The second kappa shape index (κ2) is 11.6. The Morgan fingerprint density at radius 3 is 1.65 bits per heavy atom. The molecule has 0 unspecified atom stereocenters. The van der Waals surface area contributed by atoms with Crippen LogP contribution in [0.15, 0.2) is 23.8 Å². The topological polar surface area (TPSA) is 212 Å². The molecular formula is C32H2F2N14. The highest BCUT2D eigenvalue weighted by Crippen LogP contribution is 2.58. The van der Waals surface area contributed by atoms with Crippen molar-refractivity contribution in [1.29, 1.82) is 31.6 Å². The fraction of sp³-hybridized carbons (Fsp3) is 0. The Morgan fingerprint density at radius 2 is 1.17 bits per heavy atom. The predicted octanol–water partition coefficient (Wildman–Crippen LogP) is 5.27. The lowest BCUT2D eigenvalue weighted by Crippen LogP contribution is -2.05. The Kier molecular flexibility index (Phi) is 7.41. The molecule has 2 aliphatic carbocycles. The van der Waals surface area contributed by atoms with Crippen LogP contribution in [-0.4, -0.2) is 19.9 Å². The maximum absolute atomic E-state index is 15.4. The van der Waals surface area contributed by atoms with Gasteiger partial charge in [0.1, 0.15) is 18.2 Å². The highest BCUT2D eigenvalue weighted by atomic mass is 19.1. The van der Waals surface area contributed by atoms with Crippen molar-refractivity contribution in [2.75, 3.05) is 0 Å². The predicted molar refractivity (Wildman–Crippen MR) is 155 cm³/mol. The van der Waals surface area contributed by atoms with E-state index < -0.39 is 113 Å². The molecule has 0 N–H and O–H groups in total. The Bertz CT molecular complexity index is 2470. The third-order valence-corrected chi connectivity index (χ3v) is 7.04. The van der Waals surface area contributed by atoms with E-state index in [1.165, 1.54) is 6.07 Å². The second-order valence-corrected chi connectivity index (χ2v) is 9.06. The van der Waals surface area contributed by atoms with Crippen molar-refractivity contribution in [1.82, 2.24) is 19.9 Å². The minimum atomic E-state index is -1.36. The monoisotopic (exact) mass is 620 g/mol. The molecule has 0 atom stereocenters. The zero-order chi connectivity index (χ0) is 34.9. The van der Waals surface area contributed by atoms with Gasteiger partial charge in [-0.15, -0.1) is 11.6 Å². The van der Waals surface area contributed by atoms with Crippen molar-refractivity contribution in [3.8, 4) is 36.4 Å². The van der Waals surface area contributed by atoms with Crippen molar-refractivity contribution in [3.63, 3.8) is 0 Å². The highest BCUT2D eigenvalue weighted by Gasteiger charge is 2.44. The molecule has 2 heterocycles. The summed E-state index contributed by atoms with van der Waals surface area (Å²) in [6, 6.07) is 10.3. The molecular weight excluding hydrogens is 618 g/mol. The Labute approximate surface area is 267 Å². The van der Waals surface area contributed by atoms with Crippen LogP contribution in [0.5, 0.6) is 0 Å². The molecule has 48 heavy (non-hydrogen) atoms. The fourth-order valence-electron chi connectivity index (χ4n) is 5.36. The summed E-state index contributed by atoms with van der Waals surface area (Å²) in [5.41, 5.74) is -8.63. The molecule has 3 aromatic rings. The van der Waals surface area contributed by atoms with E-state index in [-0.39, 0.29) is 0 Å². The number of benzene rings is 1. The van der Waals surface area contributed by atoms with E-state index >= 15 is 8.78 Å². The van der Waals surface area contributed by atoms with Crippen molar-refractivity contribution >= 4 is 39.5 Å². The zero-order valence-electron chi connectivity index (χ0n) is 23.2. The van der Waals surface area contributed by atoms with Gasteiger partial charge in [-0.1, -0.05) is 0 Å². The van der Waals surface area contributed by atoms with E-state index in [9.17, 15) is 26.3 Å². The molecule has 0 spiro atoms. The average molecular weight is 620 g/mol. The first-order chi connectivity index (χ1) is 23.2. The van der Waals surface area contributed by atoms with Crippen molar-refractivity contribution in [3.05, 3.63) is 132 Å². The zero-order valence-corrected chi connectivity index (χ0v) is 23.2. The van der Waals surface area contributed by atoms with Gasteiger partial charge in [0.05, 0.1) is 71.9 Å². The molecule has 1 aromatic carbocycles. The number of nitriles is 6. The lowest BCUT2D eigenvalue weighted by Gasteiger charge is -2.16. The highest BCUT2D eigenvalue weighted by molar-refractivity contribution is 6.31. The lowest BCUT2D eigenvalue weighted by atomic mass is 9.84. The number of rotatable bonds is 2. The number of fused-ring (bicyclic) bond motifs is 2. The van der Waals surface area contributed by atoms with Crippen LogP contribution in [-0.2, 0) is 0 Å². The summed E-state index contributed by atoms with van der Waals surface area (Å²) in [6.07, 6.45) is 1.62. The number of hydrogen-bond acceptors (Lipinski definition) is 10. The third-order valence-electron chi connectivity index (χ3n) is 7.04. The quantitative estimate of drug-likeness (QED) is 0.206. The molecule has 0 aliphatic heterocycles. The first-order valence-corrected chi connectivity index (χ1v) is 12.4. The van der Waals surface area contributed by atoms with E-state index in [0.717, 1.165) is 12.4 Å². The molecule has 0 amide bonds. The summed E-state index contributed by atoms with van der Waals surface area (Å²) < 4.78 is 30.9. The van der Waals surface area contributed by atoms with Gasteiger partial charge in [0, 0.05) is 28.5 Å². The van der Waals surface area contributed by atoms with Gasteiger partial charge in [-0.25, -0.2) is 30.0 Å². The number of aromatic nitrogens is 4. The summed E-state index contributed by atoms with van der Waals surface area (Å²) in [4.78, 5) is 27.0. The van der Waals surface area contributed by atoms with Crippen LogP contribution >= 0.6 is 0 Å². The normalized spacial score (nSPS) is 14.2. The first-order valence-electron chi connectivity index (χ1n) is 12.4. The molecule has 0 saturated heterocycles. The largest absolute Gasteiger partial charge is 0.394 e. The fourth-order valence-corrected chi connectivity index (χ4v) is 5.36. The van der Waals surface area contributed by atoms with E-state index in [0.29, 0.717) is 0 Å².